The van der Waals surface area contributed by atoms with Gasteiger partial charge in [-0.15, -0.1) is 11.3 Å². The monoisotopic (exact) mass is 425 g/mol. The quantitative estimate of drug-likeness (QED) is 0.625. The van der Waals surface area contributed by atoms with Gasteiger partial charge in [0, 0.05) is 15.6 Å². The predicted octanol–water partition coefficient (Wildman–Crippen LogP) is 3.85. The maximum absolute atomic E-state index is 13.3. The Hall–Kier alpha value is -2.83. The number of nitrogens with zero attached hydrogens (tertiary/aromatic N) is 3. The van der Waals surface area contributed by atoms with Crippen LogP contribution in [0.1, 0.15) is 16.7 Å². The molecule has 0 atom stereocenters. The molecule has 0 fully saturated rings. The summed E-state index contributed by atoms with van der Waals surface area (Å²) in [5, 5.41) is 19.6. The maximum atomic E-state index is 13.3. The Balaban J connectivity index is 2.52. The van der Waals surface area contributed by atoms with Crippen LogP contribution < -0.4 is 14.8 Å². The molecular weight excluding hydrogens is 413 g/mol. The molecule has 2 aromatic carbocycles. The molecular formula is C21H13Cl2N3OS. The minimum Gasteiger partial charge on any atom is -0.267 e. The lowest BCUT2D eigenvalue weighted by Crippen LogP contribution is -2.31. The molecule has 0 aliphatic heterocycles. The molecule has 0 N–H and O–H groups in total. The van der Waals surface area contributed by atoms with Crippen LogP contribution in [0.15, 0.2) is 41.2 Å². The third-order valence-electron chi connectivity index (χ3n) is 4.20. The Labute approximate surface area is 175 Å². The van der Waals surface area contributed by atoms with E-state index in [2.05, 4.69) is 0 Å². The second-order valence-electron chi connectivity index (χ2n) is 6.03. The molecule has 3 rings (SSSR count). The first-order valence-corrected chi connectivity index (χ1v) is 9.75. The number of nitriles is 2. The number of benzene rings is 2. The number of thiazole rings is 1. The van der Waals surface area contributed by atoms with Crippen molar-refractivity contribution in [3.05, 3.63) is 82.7 Å². The van der Waals surface area contributed by atoms with Crippen LogP contribution in [0, 0.1) is 36.5 Å². The minimum atomic E-state index is -0.337. The van der Waals surface area contributed by atoms with Crippen LogP contribution in [0.2, 0.25) is 10.0 Å². The molecule has 0 unspecified atom stereocenters. The van der Waals surface area contributed by atoms with Gasteiger partial charge in [0.15, 0.2) is 5.57 Å². The van der Waals surface area contributed by atoms with Crippen molar-refractivity contribution in [3.63, 3.8) is 0 Å². The van der Waals surface area contributed by atoms with E-state index in [1.807, 2.05) is 44.2 Å². The summed E-state index contributed by atoms with van der Waals surface area (Å²) >= 11 is 13.5. The molecule has 0 amide bonds. The lowest BCUT2D eigenvalue weighted by molar-refractivity contribution is 0.962. The first-order valence-electron chi connectivity index (χ1n) is 8.17. The van der Waals surface area contributed by atoms with Gasteiger partial charge < -0.3 is 0 Å². The fourth-order valence-electron chi connectivity index (χ4n) is 2.91. The number of rotatable bonds is 2. The van der Waals surface area contributed by atoms with Crippen LogP contribution in [0.4, 0.5) is 0 Å². The van der Waals surface area contributed by atoms with E-state index in [0.717, 1.165) is 22.5 Å². The second kappa shape index (κ2) is 8.04. The number of aryl methyl sites for hydroxylation is 2. The standard InChI is InChI=1S/C21H13Cl2N3OS/c1-12-5-3-6-13(2)19(12)26-20(27)18(28-21(26)14(10-24)11-25)9-15-16(22)7-4-8-17(15)23/h3-9H,1-2H3/b18-9-. The van der Waals surface area contributed by atoms with Gasteiger partial charge in [-0.25, -0.2) is 0 Å². The van der Waals surface area contributed by atoms with Gasteiger partial charge in [-0.2, -0.15) is 10.5 Å². The topological polar surface area (TPSA) is 69.6 Å². The Morgan fingerprint density at radius 2 is 1.57 bits per heavy atom. The molecule has 1 aromatic heterocycles. The van der Waals surface area contributed by atoms with E-state index in [1.165, 1.54) is 4.57 Å². The average molecular weight is 426 g/mol. The summed E-state index contributed by atoms with van der Waals surface area (Å²) in [7, 11) is 0. The van der Waals surface area contributed by atoms with E-state index in [0.29, 0.717) is 25.8 Å². The Bertz CT molecular complexity index is 1300. The van der Waals surface area contributed by atoms with Gasteiger partial charge in [0.25, 0.3) is 5.56 Å². The highest BCUT2D eigenvalue weighted by Gasteiger charge is 2.15. The minimum absolute atomic E-state index is 0.130. The number of hydrogen-bond acceptors (Lipinski definition) is 4. The molecule has 3 aromatic rings. The summed E-state index contributed by atoms with van der Waals surface area (Å²) in [6.45, 7) is 3.76. The van der Waals surface area contributed by atoms with Gasteiger partial charge in [-0.3, -0.25) is 9.36 Å². The van der Waals surface area contributed by atoms with Crippen molar-refractivity contribution >= 4 is 46.2 Å². The van der Waals surface area contributed by atoms with E-state index in [9.17, 15) is 15.3 Å². The van der Waals surface area contributed by atoms with E-state index in [4.69, 9.17) is 23.2 Å². The average Bonchev–Trinajstić information content (AvgIpc) is 2.96. The van der Waals surface area contributed by atoms with Crippen LogP contribution in [-0.2, 0) is 0 Å². The SMILES string of the molecule is Cc1cccc(C)c1-n1c(=C(C#N)C#N)s/c(=C\c2c(Cl)cccc2Cl)c1=O. The third kappa shape index (κ3) is 3.48. The zero-order valence-electron chi connectivity index (χ0n) is 15.0. The predicted molar refractivity (Wildman–Crippen MR) is 113 cm³/mol. The van der Waals surface area contributed by atoms with Crippen molar-refractivity contribution in [2.45, 2.75) is 13.8 Å². The molecule has 0 saturated heterocycles. The number of halogens is 2. The summed E-state index contributed by atoms with van der Waals surface area (Å²) in [6.07, 6.45) is 1.59. The Morgan fingerprint density at radius 3 is 2.11 bits per heavy atom. The van der Waals surface area contributed by atoms with E-state index in [1.54, 1.807) is 24.3 Å². The van der Waals surface area contributed by atoms with Gasteiger partial charge in [0.1, 0.15) is 16.8 Å². The normalized spacial score (nSPS) is 11.1. The molecule has 0 bridgehead atoms. The van der Waals surface area contributed by atoms with Gasteiger partial charge in [0.05, 0.1) is 10.2 Å². The van der Waals surface area contributed by atoms with Crippen LogP contribution in [0.5, 0.6) is 0 Å². The van der Waals surface area contributed by atoms with Crippen LogP contribution in [0.25, 0.3) is 17.3 Å². The number of para-hydroxylation sites is 1. The number of hydrogen-bond donors (Lipinski definition) is 0. The lowest BCUT2D eigenvalue weighted by Gasteiger charge is -2.10. The molecule has 0 spiro atoms. The fourth-order valence-corrected chi connectivity index (χ4v) is 4.44. The molecule has 4 nitrogen and oxygen atoms in total. The second-order valence-corrected chi connectivity index (χ2v) is 7.88. The largest absolute Gasteiger partial charge is 0.273 e. The number of aromatic nitrogens is 1. The maximum Gasteiger partial charge on any atom is 0.273 e. The van der Waals surface area contributed by atoms with Crippen molar-refractivity contribution < 1.29 is 0 Å². The highest BCUT2D eigenvalue weighted by molar-refractivity contribution is 7.07. The molecule has 0 saturated carbocycles. The molecule has 7 heteroatoms. The molecule has 28 heavy (non-hydrogen) atoms. The zero-order chi connectivity index (χ0) is 20.4. The molecule has 0 aliphatic rings. The van der Waals surface area contributed by atoms with Gasteiger partial charge in [-0.05, 0) is 43.2 Å². The van der Waals surface area contributed by atoms with Crippen molar-refractivity contribution in [1.29, 1.82) is 10.5 Å². The molecule has 1 heterocycles. The van der Waals surface area contributed by atoms with Crippen molar-refractivity contribution in [3.8, 4) is 17.8 Å². The van der Waals surface area contributed by atoms with E-state index >= 15 is 0 Å². The first-order chi connectivity index (χ1) is 13.4. The smallest absolute Gasteiger partial charge is 0.267 e. The van der Waals surface area contributed by atoms with E-state index in [-0.39, 0.29) is 15.8 Å². The van der Waals surface area contributed by atoms with Crippen molar-refractivity contribution in [2.24, 2.45) is 0 Å². The van der Waals surface area contributed by atoms with Crippen LogP contribution >= 0.6 is 34.5 Å². The zero-order valence-corrected chi connectivity index (χ0v) is 17.3. The lowest BCUT2D eigenvalue weighted by atomic mass is 10.1. The third-order valence-corrected chi connectivity index (χ3v) is 5.95. The van der Waals surface area contributed by atoms with Gasteiger partial charge >= 0.3 is 0 Å². The van der Waals surface area contributed by atoms with Crippen molar-refractivity contribution in [2.75, 3.05) is 0 Å². The van der Waals surface area contributed by atoms with Gasteiger partial charge in [0.2, 0.25) is 0 Å². The first kappa shape index (κ1) is 19.9. The Kier molecular flexibility index (Phi) is 5.72. The van der Waals surface area contributed by atoms with Crippen LogP contribution in [-0.4, -0.2) is 4.57 Å². The summed E-state index contributed by atoms with van der Waals surface area (Å²) in [6, 6.07) is 14.5. The Morgan fingerprint density at radius 1 is 1.04 bits per heavy atom. The summed E-state index contributed by atoms with van der Waals surface area (Å²) in [4.78, 5) is 13.3. The highest BCUT2D eigenvalue weighted by Crippen LogP contribution is 2.24. The molecule has 138 valence electrons. The summed E-state index contributed by atoms with van der Waals surface area (Å²) in [5.74, 6) is 0. The van der Waals surface area contributed by atoms with Crippen LogP contribution in [0.3, 0.4) is 0 Å². The fraction of sp³-hybridized carbons (Fsp3) is 0.0952. The molecule has 0 radical (unpaired) electrons. The van der Waals surface area contributed by atoms with Crippen molar-refractivity contribution in [1.82, 2.24) is 4.57 Å². The van der Waals surface area contributed by atoms with Gasteiger partial charge in [-0.1, -0.05) is 47.5 Å². The molecule has 0 aliphatic carbocycles. The summed E-state index contributed by atoms with van der Waals surface area (Å²) < 4.78 is 2.03. The summed E-state index contributed by atoms with van der Waals surface area (Å²) in [5.41, 5.74) is 2.43. The highest BCUT2D eigenvalue weighted by atomic mass is 35.5. The van der Waals surface area contributed by atoms with E-state index < -0.39 is 0 Å².